The zero-order valence-corrected chi connectivity index (χ0v) is 39.3. The Morgan fingerprint density at radius 3 is 1.45 bits per heavy atom. The molecule has 23 nitrogen and oxygen atoms in total. The summed E-state index contributed by atoms with van der Waals surface area (Å²) in [6, 6.07) is 3.73. The Hall–Kier alpha value is -5.18. The highest BCUT2D eigenvalue weighted by molar-refractivity contribution is 14.1. The normalized spacial score (nSPS) is 15.5. The van der Waals surface area contributed by atoms with Crippen LogP contribution in [0.3, 0.4) is 0 Å². The van der Waals surface area contributed by atoms with Gasteiger partial charge in [0.25, 0.3) is 0 Å². The van der Waals surface area contributed by atoms with Crippen molar-refractivity contribution in [3.05, 3.63) is 33.4 Å². The van der Waals surface area contributed by atoms with E-state index in [2.05, 4.69) is 38.5 Å². The van der Waals surface area contributed by atoms with Gasteiger partial charge in [-0.3, -0.25) is 48.4 Å². The van der Waals surface area contributed by atoms with E-state index in [0.717, 1.165) is 15.6 Å². The summed E-state index contributed by atoms with van der Waals surface area (Å²) in [5.41, 5.74) is 0.907. The topological polar surface area (TPSA) is 327 Å². The van der Waals surface area contributed by atoms with Crippen molar-refractivity contribution in [2.45, 2.75) is 82.8 Å². The molecule has 0 unspecified atom stereocenters. The first-order chi connectivity index (χ1) is 31.3. The number of carbonyl (C=O) groups is 9. The molecule has 0 aliphatic carbocycles. The van der Waals surface area contributed by atoms with Gasteiger partial charge in [0.2, 0.25) is 11.8 Å². The van der Waals surface area contributed by atoms with Crippen molar-refractivity contribution in [3.63, 3.8) is 0 Å². The van der Waals surface area contributed by atoms with Crippen molar-refractivity contribution in [2.24, 2.45) is 0 Å². The maximum atomic E-state index is 13.5. The second-order valence-corrected chi connectivity index (χ2v) is 17.3. The minimum Gasteiger partial charge on any atom is -0.481 e. The van der Waals surface area contributed by atoms with E-state index in [4.69, 9.17) is 5.11 Å². The number of hydrogen-bond acceptors (Lipinski definition) is 13. The third-order valence-electron chi connectivity index (χ3n) is 10.7. The molecule has 1 aromatic rings. The second-order valence-electron chi connectivity index (χ2n) is 16.1. The largest absolute Gasteiger partial charge is 0.481 e. The fourth-order valence-corrected chi connectivity index (χ4v) is 7.44. The van der Waals surface area contributed by atoms with Crippen molar-refractivity contribution in [1.29, 1.82) is 0 Å². The Balaban J connectivity index is 1.88. The number of halogens is 1. The summed E-state index contributed by atoms with van der Waals surface area (Å²) >= 11 is 2.18. The molecule has 2 atom stereocenters. The van der Waals surface area contributed by atoms with Gasteiger partial charge >= 0.3 is 41.8 Å². The Morgan fingerprint density at radius 2 is 1.00 bits per heavy atom. The third-order valence-corrected chi connectivity index (χ3v) is 11.4. The van der Waals surface area contributed by atoms with Crippen LogP contribution >= 0.6 is 22.6 Å². The van der Waals surface area contributed by atoms with Gasteiger partial charge in [0.1, 0.15) is 12.1 Å². The lowest BCUT2D eigenvalue weighted by Gasteiger charge is -2.32. The number of rotatable bonds is 29. The van der Waals surface area contributed by atoms with Gasteiger partial charge < -0.3 is 51.5 Å². The fraction of sp³-hybridized carbons (Fsp3) is 0.643. The summed E-state index contributed by atoms with van der Waals surface area (Å²) in [6.07, 6.45) is 2.73. The van der Waals surface area contributed by atoms with Gasteiger partial charge in [-0.15, -0.1) is 0 Å². The standard InChI is InChI=1S/C42H65IN8O15/c43-31-11-9-30(10-12-31)25-51(16-6-4-7-32(40(62)63)45-42(66)46-33(41(64)65)13-14-36(54)55)35(53)8-3-1-2-5-15-44-34(52)26-47-17-19-48(27-37(56)57)21-23-50(29-39(60)61)24-22-49(20-18-47)28-38(58)59/h9-12,32-33H,1-8,13-29H2,(H,44,52)(H,54,55)(H,56,57)(H,58,59)(H,60,61)(H,62,63)(H,64,65)(H2,45,46,66)/t32-,33-/m0/s1. The van der Waals surface area contributed by atoms with Gasteiger partial charge in [-0.1, -0.05) is 25.0 Å². The maximum Gasteiger partial charge on any atom is 0.326 e. The molecule has 0 radical (unpaired) electrons. The first-order valence-corrected chi connectivity index (χ1v) is 23.0. The minimum absolute atomic E-state index is 0.00403. The van der Waals surface area contributed by atoms with E-state index < -0.39 is 60.4 Å². The van der Waals surface area contributed by atoms with Gasteiger partial charge in [0.15, 0.2) is 0 Å². The molecule has 66 heavy (non-hydrogen) atoms. The molecule has 4 amide bonds. The number of benzene rings is 1. The smallest absolute Gasteiger partial charge is 0.326 e. The summed E-state index contributed by atoms with van der Waals surface area (Å²) in [5.74, 6) is -7.53. The van der Waals surface area contributed by atoms with Gasteiger partial charge in [-0.05, 0) is 78.8 Å². The van der Waals surface area contributed by atoms with Crippen LogP contribution in [0.5, 0.6) is 0 Å². The quantitative estimate of drug-likeness (QED) is 0.0387. The number of unbranched alkanes of at least 4 members (excludes halogenated alkanes) is 4. The predicted octanol–water partition coefficient (Wildman–Crippen LogP) is 0.403. The van der Waals surface area contributed by atoms with Crippen molar-refractivity contribution >= 4 is 76.3 Å². The molecule has 0 saturated carbocycles. The summed E-state index contributed by atoms with van der Waals surface area (Å²) in [5, 5.41) is 63.3. The van der Waals surface area contributed by atoms with Gasteiger partial charge in [-0.25, -0.2) is 14.4 Å². The van der Waals surface area contributed by atoms with E-state index in [0.29, 0.717) is 77.9 Å². The maximum absolute atomic E-state index is 13.5. The third kappa shape index (κ3) is 26.1. The average molecular weight is 1050 g/mol. The molecular formula is C42H65IN8O15. The van der Waals surface area contributed by atoms with E-state index in [9.17, 15) is 68.7 Å². The molecule has 9 N–H and O–H groups in total. The van der Waals surface area contributed by atoms with Crippen molar-refractivity contribution in [1.82, 2.24) is 40.4 Å². The lowest BCUT2D eigenvalue weighted by Crippen LogP contribution is -2.51. The Morgan fingerprint density at radius 1 is 0.545 bits per heavy atom. The minimum atomic E-state index is -1.53. The lowest BCUT2D eigenvalue weighted by atomic mass is 10.1. The first kappa shape index (κ1) is 56.9. The van der Waals surface area contributed by atoms with Crippen LogP contribution in [0.4, 0.5) is 4.79 Å². The molecule has 1 saturated heterocycles. The van der Waals surface area contributed by atoms with E-state index in [1.54, 1.807) is 19.6 Å². The lowest BCUT2D eigenvalue weighted by molar-refractivity contribution is -0.141. The molecular weight excluding hydrogens is 983 g/mol. The molecule has 0 aromatic heterocycles. The number of hydrogen-bond donors (Lipinski definition) is 9. The Kier molecular flexibility index (Phi) is 27.3. The summed E-state index contributed by atoms with van der Waals surface area (Å²) < 4.78 is 1.02. The van der Waals surface area contributed by atoms with E-state index in [-0.39, 0.29) is 83.4 Å². The highest BCUT2D eigenvalue weighted by atomic mass is 127. The molecule has 1 aromatic carbocycles. The van der Waals surface area contributed by atoms with Gasteiger partial charge in [0, 0.05) is 88.4 Å². The van der Waals surface area contributed by atoms with Crippen LogP contribution in [0.25, 0.3) is 0 Å². The molecule has 2 rings (SSSR count). The van der Waals surface area contributed by atoms with E-state index in [1.807, 2.05) is 29.2 Å². The number of carboxylic acids is 6. The molecule has 1 heterocycles. The number of nitrogens with zero attached hydrogens (tertiary/aromatic N) is 5. The Labute approximate surface area is 396 Å². The summed E-state index contributed by atoms with van der Waals surface area (Å²) in [4.78, 5) is 116. The van der Waals surface area contributed by atoms with E-state index >= 15 is 0 Å². The highest BCUT2D eigenvalue weighted by Gasteiger charge is 2.26. The molecule has 1 aliphatic heterocycles. The molecule has 24 heteroatoms. The number of carboxylic acid groups (broad SMARTS) is 6. The van der Waals surface area contributed by atoms with Crippen LogP contribution in [0.2, 0.25) is 0 Å². The van der Waals surface area contributed by atoms with Gasteiger partial charge in [0.05, 0.1) is 26.2 Å². The molecule has 0 bridgehead atoms. The number of nitrogens with one attached hydrogen (secondary N) is 3. The zero-order valence-electron chi connectivity index (χ0n) is 37.1. The SMILES string of the molecule is O=C(O)CC[C@H](NC(=O)N[C@@H](CCCCN(Cc1ccc(I)cc1)C(=O)CCCCCCNC(=O)CN1CCN(CC(=O)O)CCN(CC(=O)O)CCN(CC(=O)O)CC1)C(=O)O)C(=O)O. The zero-order chi connectivity index (χ0) is 49.0. The first-order valence-electron chi connectivity index (χ1n) is 21.9. The number of amides is 4. The van der Waals surface area contributed by atoms with Crippen molar-refractivity contribution < 1.29 is 73.8 Å². The summed E-state index contributed by atoms with van der Waals surface area (Å²) in [7, 11) is 0. The molecule has 370 valence electrons. The molecule has 1 aliphatic rings. The number of urea groups is 1. The Bertz CT molecular complexity index is 1730. The van der Waals surface area contributed by atoms with Crippen LogP contribution in [0, 0.1) is 3.57 Å². The molecule has 1 fully saturated rings. The highest BCUT2D eigenvalue weighted by Crippen LogP contribution is 2.14. The van der Waals surface area contributed by atoms with Crippen LogP contribution in [-0.2, 0) is 44.9 Å². The van der Waals surface area contributed by atoms with Crippen molar-refractivity contribution in [3.8, 4) is 0 Å². The van der Waals surface area contributed by atoms with Crippen LogP contribution in [0.1, 0.15) is 69.8 Å². The fourth-order valence-electron chi connectivity index (χ4n) is 7.08. The van der Waals surface area contributed by atoms with Crippen LogP contribution in [-0.4, -0.2) is 213 Å². The van der Waals surface area contributed by atoms with Gasteiger partial charge in [-0.2, -0.15) is 0 Å². The summed E-state index contributed by atoms with van der Waals surface area (Å²) in [6.45, 7) is 2.53. The average Bonchev–Trinajstić information content (AvgIpc) is 3.23. The number of aliphatic carboxylic acids is 6. The van der Waals surface area contributed by atoms with Crippen LogP contribution < -0.4 is 16.0 Å². The van der Waals surface area contributed by atoms with E-state index in [1.165, 1.54) is 0 Å². The monoisotopic (exact) mass is 1050 g/mol. The second kappa shape index (κ2) is 31.7. The predicted molar refractivity (Wildman–Crippen MR) is 245 cm³/mol. The molecule has 0 spiro atoms. The van der Waals surface area contributed by atoms with Crippen molar-refractivity contribution in [2.75, 3.05) is 91.6 Å². The number of carbonyl (C=O) groups excluding carboxylic acids is 3. The van der Waals surface area contributed by atoms with Crippen LogP contribution in [0.15, 0.2) is 24.3 Å².